The van der Waals surface area contributed by atoms with E-state index in [9.17, 15) is 9.59 Å². The van der Waals surface area contributed by atoms with Crippen LogP contribution in [0.4, 0.5) is 4.79 Å². The Bertz CT molecular complexity index is 1350. The number of likely N-dealkylation sites (tertiary alicyclic amines) is 1. The van der Waals surface area contributed by atoms with Crippen LogP contribution in [0.25, 0.3) is 0 Å². The number of piperidine rings is 1. The van der Waals surface area contributed by atoms with Crippen LogP contribution in [-0.4, -0.2) is 78.7 Å². The molecule has 3 fully saturated rings. The van der Waals surface area contributed by atoms with E-state index in [0.29, 0.717) is 11.3 Å². The molecule has 226 valence electrons. The minimum absolute atomic E-state index is 0.0966. The topological polar surface area (TPSA) is 83.6 Å². The van der Waals surface area contributed by atoms with Gasteiger partial charge in [0.1, 0.15) is 11.5 Å². The van der Waals surface area contributed by atoms with E-state index < -0.39 is 0 Å². The van der Waals surface area contributed by atoms with Gasteiger partial charge in [0.15, 0.2) is 0 Å². The first-order valence-electron chi connectivity index (χ1n) is 15.2. The molecule has 43 heavy (non-hydrogen) atoms. The van der Waals surface area contributed by atoms with Crippen molar-refractivity contribution >= 4 is 11.9 Å². The SMILES string of the molecule is CONC(=O)c1ccc(Oc2ccc(CN3CCC(N4C(=O)N(C5CCOCC5)CC4c4ccccc4)CC3)cc2)cc1. The fraction of sp³-hybridized carbons (Fsp3) is 0.412. The Labute approximate surface area is 253 Å². The van der Waals surface area contributed by atoms with Gasteiger partial charge in [0.2, 0.25) is 0 Å². The molecule has 0 spiro atoms. The zero-order valence-electron chi connectivity index (χ0n) is 24.7. The van der Waals surface area contributed by atoms with E-state index in [4.69, 9.17) is 9.47 Å². The average Bonchev–Trinajstić information content (AvgIpc) is 3.40. The van der Waals surface area contributed by atoms with E-state index >= 15 is 0 Å². The first-order valence-corrected chi connectivity index (χ1v) is 15.2. The van der Waals surface area contributed by atoms with E-state index in [2.05, 4.69) is 61.4 Å². The quantitative estimate of drug-likeness (QED) is 0.340. The lowest BCUT2D eigenvalue weighted by Gasteiger charge is -2.39. The van der Waals surface area contributed by atoms with E-state index in [1.807, 2.05) is 18.2 Å². The summed E-state index contributed by atoms with van der Waals surface area (Å²) in [5.41, 5.74) is 5.25. The molecule has 0 aliphatic carbocycles. The van der Waals surface area contributed by atoms with Crippen molar-refractivity contribution in [1.82, 2.24) is 20.2 Å². The number of hydrogen-bond donors (Lipinski definition) is 1. The van der Waals surface area contributed by atoms with Gasteiger partial charge in [-0.2, -0.15) is 0 Å². The van der Waals surface area contributed by atoms with Gasteiger partial charge in [-0.1, -0.05) is 42.5 Å². The zero-order valence-corrected chi connectivity index (χ0v) is 24.7. The molecule has 0 saturated carbocycles. The van der Waals surface area contributed by atoms with E-state index in [1.165, 1.54) is 18.2 Å². The summed E-state index contributed by atoms with van der Waals surface area (Å²) >= 11 is 0. The summed E-state index contributed by atoms with van der Waals surface area (Å²) in [6.45, 7) is 5.00. The molecule has 1 unspecified atom stereocenters. The van der Waals surface area contributed by atoms with Crippen LogP contribution in [0.1, 0.15) is 53.2 Å². The third-order valence-electron chi connectivity index (χ3n) is 8.81. The first-order chi connectivity index (χ1) is 21.1. The average molecular weight is 585 g/mol. The van der Waals surface area contributed by atoms with E-state index in [-0.39, 0.29) is 30.1 Å². The second-order valence-electron chi connectivity index (χ2n) is 11.5. The Morgan fingerprint density at radius 2 is 1.51 bits per heavy atom. The zero-order chi connectivity index (χ0) is 29.6. The summed E-state index contributed by atoms with van der Waals surface area (Å²) in [7, 11) is 1.40. The molecule has 9 nitrogen and oxygen atoms in total. The number of benzene rings is 3. The third kappa shape index (κ3) is 6.85. The largest absolute Gasteiger partial charge is 0.457 e. The highest BCUT2D eigenvalue weighted by Crippen LogP contribution is 2.37. The molecular formula is C34H40N4O5. The number of rotatable bonds is 9. The summed E-state index contributed by atoms with van der Waals surface area (Å²) in [4.78, 5) is 37.2. The van der Waals surface area contributed by atoms with Gasteiger partial charge in [0.05, 0.1) is 13.2 Å². The number of hydrogen-bond acceptors (Lipinski definition) is 6. The Morgan fingerprint density at radius 1 is 0.860 bits per heavy atom. The van der Waals surface area contributed by atoms with Crippen LogP contribution >= 0.6 is 0 Å². The minimum atomic E-state index is -0.303. The first kappa shape index (κ1) is 29.2. The van der Waals surface area contributed by atoms with Gasteiger partial charge in [-0.15, -0.1) is 0 Å². The molecule has 1 N–H and O–H groups in total. The molecule has 0 aromatic heterocycles. The maximum Gasteiger partial charge on any atom is 0.321 e. The minimum Gasteiger partial charge on any atom is -0.457 e. The second kappa shape index (κ2) is 13.6. The second-order valence-corrected chi connectivity index (χ2v) is 11.5. The maximum absolute atomic E-state index is 13.9. The van der Waals surface area contributed by atoms with Crippen molar-refractivity contribution < 1.29 is 23.9 Å². The molecule has 3 amide bonds. The van der Waals surface area contributed by atoms with Crippen molar-refractivity contribution in [3.8, 4) is 11.5 Å². The number of hydroxylamine groups is 1. The summed E-state index contributed by atoms with van der Waals surface area (Å²) in [5.74, 6) is 1.09. The lowest BCUT2D eigenvalue weighted by atomic mass is 9.98. The van der Waals surface area contributed by atoms with Gasteiger partial charge in [-0.25, -0.2) is 10.3 Å². The molecule has 0 radical (unpaired) electrons. The van der Waals surface area contributed by atoms with Crippen LogP contribution in [0.5, 0.6) is 11.5 Å². The van der Waals surface area contributed by atoms with Gasteiger partial charge < -0.3 is 19.3 Å². The number of carbonyl (C=O) groups excluding carboxylic acids is 2. The van der Waals surface area contributed by atoms with E-state index in [0.717, 1.165) is 70.8 Å². The van der Waals surface area contributed by atoms with Gasteiger partial charge in [-0.05, 0) is 73.2 Å². The highest BCUT2D eigenvalue weighted by Gasteiger charge is 2.45. The Hall–Kier alpha value is -3.92. The smallest absolute Gasteiger partial charge is 0.321 e. The van der Waals surface area contributed by atoms with Crippen molar-refractivity contribution in [1.29, 1.82) is 0 Å². The molecule has 3 aromatic carbocycles. The van der Waals surface area contributed by atoms with Crippen LogP contribution in [-0.2, 0) is 16.1 Å². The van der Waals surface area contributed by atoms with Crippen molar-refractivity contribution in [3.63, 3.8) is 0 Å². The van der Waals surface area contributed by atoms with Crippen molar-refractivity contribution in [2.75, 3.05) is 40.0 Å². The number of nitrogens with one attached hydrogen (secondary N) is 1. The molecule has 6 rings (SSSR count). The molecule has 1 atom stereocenters. The van der Waals surface area contributed by atoms with Gasteiger partial charge in [0, 0.05) is 57.0 Å². The fourth-order valence-electron chi connectivity index (χ4n) is 6.53. The Morgan fingerprint density at radius 3 is 2.16 bits per heavy atom. The Kier molecular flexibility index (Phi) is 9.21. The van der Waals surface area contributed by atoms with Crippen LogP contribution < -0.4 is 10.2 Å². The standard InChI is InChI=1S/C34H40N4O5/c1-41-35-33(39)27-9-13-31(14-10-27)43-30-11-7-25(8-12-30)23-36-19-15-29(16-20-36)38-32(26-5-3-2-4-6-26)24-37(34(38)40)28-17-21-42-22-18-28/h2-14,28-29,32H,15-24H2,1H3,(H,35,39). The monoisotopic (exact) mass is 584 g/mol. The molecule has 0 bridgehead atoms. The van der Waals surface area contributed by atoms with Crippen LogP contribution in [0.3, 0.4) is 0 Å². The molecule has 3 aromatic rings. The number of carbonyl (C=O) groups is 2. The van der Waals surface area contributed by atoms with Gasteiger partial charge in [-0.3, -0.25) is 14.5 Å². The summed E-state index contributed by atoms with van der Waals surface area (Å²) < 4.78 is 11.6. The molecule has 3 saturated heterocycles. The lowest BCUT2D eigenvalue weighted by molar-refractivity contribution is 0.0493. The normalized spacial score (nSPS) is 20.4. The van der Waals surface area contributed by atoms with Crippen LogP contribution in [0, 0.1) is 0 Å². The van der Waals surface area contributed by atoms with E-state index in [1.54, 1.807) is 24.3 Å². The predicted molar refractivity (Wildman–Crippen MR) is 163 cm³/mol. The molecule has 3 aliphatic heterocycles. The fourth-order valence-corrected chi connectivity index (χ4v) is 6.53. The predicted octanol–water partition coefficient (Wildman–Crippen LogP) is 5.39. The molecule has 9 heteroatoms. The molecule has 3 heterocycles. The van der Waals surface area contributed by atoms with Crippen molar-refractivity contribution in [3.05, 3.63) is 95.6 Å². The highest BCUT2D eigenvalue weighted by atomic mass is 16.6. The van der Waals surface area contributed by atoms with Crippen LogP contribution in [0.15, 0.2) is 78.9 Å². The number of urea groups is 1. The van der Waals surface area contributed by atoms with Crippen molar-refractivity contribution in [2.24, 2.45) is 0 Å². The number of amides is 3. The summed E-state index contributed by atoms with van der Waals surface area (Å²) in [6.07, 6.45) is 3.78. The van der Waals surface area contributed by atoms with Gasteiger partial charge in [0.25, 0.3) is 5.91 Å². The van der Waals surface area contributed by atoms with Crippen LogP contribution in [0.2, 0.25) is 0 Å². The van der Waals surface area contributed by atoms with Gasteiger partial charge >= 0.3 is 6.03 Å². The third-order valence-corrected chi connectivity index (χ3v) is 8.81. The molecule has 3 aliphatic rings. The summed E-state index contributed by atoms with van der Waals surface area (Å²) in [6, 6.07) is 26.4. The number of ether oxygens (including phenoxy) is 2. The summed E-state index contributed by atoms with van der Waals surface area (Å²) in [5, 5.41) is 0. The number of nitrogens with zero attached hydrogens (tertiary/aromatic N) is 3. The Balaban J connectivity index is 1.04. The lowest BCUT2D eigenvalue weighted by Crippen LogP contribution is -2.48. The molecular weight excluding hydrogens is 544 g/mol. The maximum atomic E-state index is 13.9. The van der Waals surface area contributed by atoms with Crippen molar-refractivity contribution in [2.45, 2.75) is 50.4 Å². The highest BCUT2D eigenvalue weighted by molar-refractivity contribution is 5.93.